The number of alkyl halides is 1. The largest absolute Gasteiger partial charge is 0.368 e. The third-order valence-electron chi connectivity index (χ3n) is 3.70. The quantitative estimate of drug-likeness (QED) is 0.666. The monoisotopic (exact) mass is 307 g/mol. The molecular formula is C17H19Cl2N. The van der Waals surface area contributed by atoms with Gasteiger partial charge >= 0.3 is 0 Å². The van der Waals surface area contributed by atoms with Crippen LogP contribution >= 0.6 is 23.2 Å². The Balaban J connectivity index is 2.36. The third kappa shape index (κ3) is 3.11. The minimum Gasteiger partial charge on any atom is -0.368 e. The van der Waals surface area contributed by atoms with Gasteiger partial charge in [0.25, 0.3) is 0 Å². The van der Waals surface area contributed by atoms with Gasteiger partial charge in [-0.3, -0.25) is 0 Å². The Morgan fingerprint density at radius 3 is 2.50 bits per heavy atom. The van der Waals surface area contributed by atoms with E-state index in [-0.39, 0.29) is 6.04 Å². The van der Waals surface area contributed by atoms with Crippen LogP contribution in [0, 0.1) is 6.92 Å². The molecule has 3 heteroatoms. The van der Waals surface area contributed by atoms with E-state index in [1.165, 1.54) is 5.56 Å². The zero-order valence-corrected chi connectivity index (χ0v) is 13.5. The van der Waals surface area contributed by atoms with Gasteiger partial charge in [-0.05, 0) is 37.1 Å². The Kier molecular flexibility index (Phi) is 4.95. The van der Waals surface area contributed by atoms with E-state index in [0.29, 0.717) is 5.88 Å². The van der Waals surface area contributed by atoms with Gasteiger partial charge in [0.15, 0.2) is 0 Å². The number of hydrogen-bond donors (Lipinski definition) is 0. The number of rotatable bonds is 4. The van der Waals surface area contributed by atoms with Crippen molar-refractivity contribution >= 4 is 28.9 Å². The minimum absolute atomic E-state index is 0.188. The van der Waals surface area contributed by atoms with E-state index < -0.39 is 0 Å². The lowest BCUT2D eigenvalue weighted by Crippen LogP contribution is -2.23. The summed E-state index contributed by atoms with van der Waals surface area (Å²) in [6.07, 6.45) is 0. The Morgan fingerprint density at radius 1 is 1.15 bits per heavy atom. The molecule has 0 saturated carbocycles. The van der Waals surface area contributed by atoms with E-state index in [4.69, 9.17) is 23.2 Å². The van der Waals surface area contributed by atoms with Crippen molar-refractivity contribution in [2.75, 3.05) is 11.9 Å². The molecule has 2 aromatic carbocycles. The maximum Gasteiger partial charge on any atom is 0.0525 e. The highest BCUT2D eigenvalue weighted by Crippen LogP contribution is 2.32. The number of nitrogens with zero attached hydrogens (tertiary/aromatic N) is 1. The molecule has 0 radical (unpaired) electrons. The first-order valence-corrected chi connectivity index (χ1v) is 7.58. The Labute approximate surface area is 131 Å². The number of halogens is 2. The fourth-order valence-corrected chi connectivity index (χ4v) is 2.90. The van der Waals surface area contributed by atoms with E-state index in [1.54, 1.807) is 0 Å². The third-order valence-corrected chi connectivity index (χ3v) is 4.33. The Hall–Kier alpha value is -1.18. The topological polar surface area (TPSA) is 3.24 Å². The normalized spacial score (nSPS) is 12.2. The van der Waals surface area contributed by atoms with Crippen LogP contribution in [0.1, 0.15) is 29.7 Å². The van der Waals surface area contributed by atoms with Crippen molar-refractivity contribution in [1.29, 1.82) is 0 Å². The summed E-state index contributed by atoms with van der Waals surface area (Å²) in [5, 5.41) is 0.798. The maximum absolute atomic E-state index is 6.30. The molecule has 0 spiro atoms. The summed E-state index contributed by atoms with van der Waals surface area (Å²) in [6, 6.07) is 14.5. The first-order valence-electron chi connectivity index (χ1n) is 6.67. The van der Waals surface area contributed by atoms with Crippen molar-refractivity contribution in [2.45, 2.75) is 25.8 Å². The molecule has 0 amide bonds. The van der Waals surface area contributed by atoms with E-state index in [9.17, 15) is 0 Å². The van der Waals surface area contributed by atoms with E-state index >= 15 is 0 Å². The number of aryl methyl sites for hydroxylation is 1. The van der Waals surface area contributed by atoms with E-state index in [2.05, 4.69) is 50.1 Å². The van der Waals surface area contributed by atoms with Crippen LogP contribution in [0.2, 0.25) is 5.02 Å². The molecule has 106 valence electrons. The molecule has 0 bridgehead atoms. The zero-order valence-electron chi connectivity index (χ0n) is 12.0. The fraction of sp³-hybridized carbons (Fsp3) is 0.294. The number of benzene rings is 2. The van der Waals surface area contributed by atoms with Crippen LogP contribution in [0.4, 0.5) is 5.69 Å². The first kappa shape index (κ1) is 15.2. The van der Waals surface area contributed by atoms with Gasteiger partial charge in [0.2, 0.25) is 0 Å². The summed E-state index contributed by atoms with van der Waals surface area (Å²) in [5.41, 5.74) is 4.65. The van der Waals surface area contributed by atoms with Crippen LogP contribution in [0.15, 0.2) is 42.5 Å². The van der Waals surface area contributed by atoms with Crippen LogP contribution in [0.3, 0.4) is 0 Å². The lowest BCUT2D eigenvalue weighted by molar-refractivity contribution is 0.737. The van der Waals surface area contributed by atoms with E-state index in [1.807, 2.05) is 18.2 Å². The lowest BCUT2D eigenvalue weighted by atomic mass is 10.0. The smallest absolute Gasteiger partial charge is 0.0525 e. The highest BCUT2D eigenvalue weighted by Gasteiger charge is 2.17. The SMILES string of the molecule is Cc1ccc(N(C)C(C)c2ccccc2Cl)c(CCl)c1. The summed E-state index contributed by atoms with van der Waals surface area (Å²) < 4.78 is 0. The van der Waals surface area contributed by atoms with Crippen molar-refractivity contribution in [3.8, 4) is 0 Å². The summed E-state index contributed by atoms with van der Waals surface area (Å²) in [7, 11) is 2.08. The average Bonchev–Trinajstić information content (AvgIpc) is 2.46. The van der Waals surface area contributed by atoms with Gasteiger partial charge < -0.3 is 4.90 Å². The highest BCUT2D eigenvalue weighted by atomic mass is 35.5. The molecule has 0 aliphatic heterocycles. The minimum atomic E-state index is 0.188. The number of anilines is 1. The average molecular weight is 308 g/mol. The van der Waals surface area contributed by atoms with Gasteiger partial charge in [0.1, 0.15) is 0 Å². The molecule has 0 aromatic heterocycles. The van der Waals surface area contributed by atoms with Crippen molar-refractivity contribution in [1.82, 2.24) is 0 Å². The molecule has 0 aliphatic carbocycles. The van der Waals surface area contributed by atoms with Crippen LogP contribution < -0.4 is 4.90 Å². The molecule has 0 fully saturated rings. The van der Waals surface area contributed by atoms with Crippen LogP contribution in [0.25, 0.3) is 0 Å². The standard InChI is InChI=1S/C17H19Cl2N/c1-12-8-9-17(14(10-12)11-18)20(3)13(2)15-6-4-5-7-16(15)19/h4-10,13H,11H2,1-3H3. The summed E-state index contributed by atoms with van der Waals surface area (Å²) >= 11 is 12.4. The van der Waals surface area contributed by atoms with Crippen LogP contribution in [0.5, 0.6) is 0 Å². The molecule has 1 nitrogen and oxygen atoms in total. The molecule has 20 heavy (non-hydrogen) atoms. The highest BCUT2D eigenvalue weighted by molar-refractivity contribution is 6.31. The van der Waals surface area contributed by atoms with Gasteiger partial charge in [-0.15, -0.1) is 11.6 Å². The molecule has 2 aromatic rings. The molecular weight excluding hydrogens is 289 g/mol. The fourth-order valence-electron chi connectivity index (χ4n) is 2.40. The zero-order chi connectivity index (χ0) is 14.7. The molecule has 0 saturated heterocycles. The van der Waals surface area contributed by atoms with Gasteiger partial charge in [-0.25, -0.2) is 0 Å². The van der Waals surface area contributed by atoms with Gasteiger partial charge in [0.05, 0.1) is 6.04 Å². The summed E-state index contributed by atoms with van der Waals surface area (Å²) in [5.74, 6) is 0.511. The molecule has 2 rings (SSSR count). The number of hydrogen-bond acceptors (Lipinski definition) is 1. The van der Waals surface area contributed by atoms with Gasteiger partial charge in [0, 0.05) is 23.6 Å². The van der Waals surface area contributed by atoms with Crippen molar-refractivity contribution < 1.29 is 0 Å². The molecule has 0 aliphatic rings. The maximum atomic E-state index is 6.30. The lowest BCUT2D eigenvalue weighted by Gasteiger charge is -2.30. The predicted octanol–water partition coefficient (Wildman–Crippen LogP) is 5.58. The molecule has 1 atom stereocenters. The predicted molar refractivity (Wildman–Crippen MR) is 89.0 cm³/mol. The van der Waals surface area contributed by atoms with Crippen LogP contribution in [-0.4, -0.2) is 7.05 Å². The molecule has 1 unspecified atom stereocenters. The Bertz CT molecular complexity index is 595. The van der Waals surface area contributed by atoms with Crippen LogP contribution in [-0.2, 0) is 5.88 Å². The molecule has 0 N–H and O–H groups in total. The summed E-state index contributed by atoms with van der Waals surface area (Å²) in [6.45, 7) is 4.23. The van der Waals surface area contributed by atoms with Crippen molar-refractivity contribution in [2.24, 2.45) is 0 Å². The summed E-state index contributed by atoms with van der Waals surface area (Å²) in [4.78, 5) is 2.22. The Morgan fingerprint density at radius 2 is 1.85 bits per heavy atom. The van der Waals surface area contributed by atoms with E-state index in [0.717, 1.165) is 21.8 Å². The van der Waals surface area contributed by atoms with Crippen molar-refractivity contribution in [3.63, 3.8) is 0 Å². The first-order chi connectivity index (χ1) is 9.54. The van der Waals surface area contributed by atoms with Gasteiger partial charge in [-0.2, -0.15) is 0 Å². The second kappa shape index (κ2) is 6.51. The molecule has 0 heterocycles. The second-order valence-electron chi connectivity index (χ2n) is 5.07. The van der Waals surface area contributed by atoms with Crippen molar-refractivity contribution in [3.05, 3.63) is 64.2 Å². The van der Waals surface area contributed by atoms with Gasteiger partial charge in [-0.1, -0.05) is 47.5 Å². The second-order valence-corrected chi connectivity index (χ2v) is 5.75.